The van der Waals surface area contributed by atoms with Gasteiger partial charge in [0.2, 0.25) is 0 Å². The van der Waals surface area contributed by atoms with Crippen LogP contribution in [0.2, 0.25) is 19.6 Å². The molecule has 7 aromatic rings. The first-order valence-corrected chi connectivity index (χ1v) is 24.7. The molecule has 2 aliphatic rings. The zero-order chi connectivity index (χ0) is 40.6. The molecule has 3 nitrogen and oxygen atoms in total. The smallest absolute Gasteiger partial charge is 0.134 e. The molecule has 59 heavy (non-hydrogen) atoms. The molecule has 0 spiro atoms. The Morgan fingerprint density at radius 3 is 2.14 bits per heavy atom. The van der Waals surface area contributed by atoms with Gasteiger partial charge < -0.3 is 13.6 Å². The molecule has 2 aliphatic carbocycles. The quantitative estimate of drug-likeness (QED) is 0.0886. The first-order chi connectivity index (χ1) is 27.9. The maximum atomic E-state index is 13.6. The van der Waals surface area contributed by atoms with Crippen molar-refractivity contribution in [3.05, 3.63) is 165 Å². The molecule has 2 saturated carbocycles. The first kappa shape index (κ1) is 42.4. The standard InChI is InChI=1S/C31H27FNO.C22H30NSi.Ir/c1-20-10-15-26-30-25(23-11-13-24(32)14-12-23)8-5-9-28(30)34-31(26)29(20)27-19-22(16-17-33(27)2)18-21-6-3-4-7-21;1-17-15-19(18-9-7-6-8-10-18)11-13-21(17)22-14-12-20(16-23(22)2)24(3,4)5;/h5,8-17,19,21H,1-4,6-7,18H2;11-16,18H,1-2,6-10H2,3-5H3;/q2*-1;. The third-order valence-corrected chi connectivity index (χ3v) is 14.7. The summed E-state index contributed by atoms with van der Waals surface area (Å²) >= 11 is 0. The Hall–Kier alpha value is -4.74. The Morgan fingerprint density at radius 1 is 0.712 bits per heavy atom. The summed E-state index contributed by atoms with van der Waals surface area (Å²) in [4.78, 5) is 0. The van der Waals surface area contributed by atoms with Crippen molar-refractivity contribution in [2.45, 2.75) is 89.8 Å². The second kappa shape index (κ2) is 17.9. The summed E-state index contributed by atoms with van der Waals surface area (Å²) in [5.74, 6) is 1.26. The van der Waals surface area contributed by atoms with Gasteiger partial charge in [-0.3, -0.25) is 0 Å². The summed E-state index contributed by atoms with van der Waals surface area (Å²) in [6.45, 7) is 15.8. The number of benzene rings is 4. The van der Waals surface area contributed by atoms with Crippen molar-refractivity contribution in [1.82, 2.24) is 0 Å². The van der Waals surface area contributed by atoms with Crippen molar-refractivity contribution in [2.24, 2.45) is 5.92 Å². The summed E-state index contributed by atoms with van der Waals surface area (Å²) in [7, 11) is 7.18. The van der Waals surface area contributed by atoms with Gasteiger partial charge in [0.05, 0.1) is 37.4 Å². The number of aromatic nitrogens is 2. The van der Waals surface area contributed by atoms with Crippen LogP contribution in [0.3, 0.4) is 0 Å². The largest absolute Gasteiger partial charge is 0.469 e. The predicted molar refractivity (Wildman–Crippen MR) is 242 cm³/mol. The van der Waals surface area contributed by atoms with Crippen LogP contribution in [-0.2, 0) is 26.5 Å². The van der Waals surface area contributed by atoms with E-state index in [0.717, 1.165) is 79.4 Å². The van der Waals surface area contributed by atoms with E-state index in [1.165, 1.54) is 91.8 Å². The number of nitrogens with zero attached hydrogens (tertiary/aromatic N) is 2. The van der Waals surface area contributed by atoms with Crippen LogP contribution >= 0.6 is 0 Å². The van der Waals surface area contributed by atoms with Gasteiger partial charge in [0.25, 0.3) is 0 Å². The van der Waals surface area contributed by atoms with Crippen molar-refractivity contribution in [3.63, 3.8) is 0 Å². The minimum absolute atomic E-state index is 0. The molecule has 307 valence electrons. The van der Waals surface area contributed by atoms with Gasteiger partial charge in [0.15, 0.2) is 0 Å². The van der Waals surface area contributed by atoms with Crippen molar-refractivity contribution in [1.29, 1.82) is 0 Å². The van der Waals surface area contributed by atoms with E-state index >= 15 is 0 Å². The van der Waals surface area contributed by atoms with Gasteiger partial charge in [-0.1, -0.05) is 135 Å². The number of pyridine rings is 2. The van der Waals surface area contributed by atoms with E-state index in [9.17, 15) is 4.39 Å². The number of hydrogen-bond acceptors (Lipinski definition) is 1. The summed E-state index contributed by atoms with van der Waals surface area (Å²) in [5, 5.41) is 3.49. The van der Waals surface area contributed by atoms with E-state index in [4.69, 9.17) is 4.42 Å². The monoisotopic (exact) mass is 977 g/mol. The summed E-state index contributed by atoms with van der Waals surface area (Å²) < 4.78 is 24.0. The Balaban J connectivity index is 0.000000187. The van der Waals surface area contributed by atoms with Crippen LogP contribution in [0, 0.1) is 39.7 Å². The van der Waals surface area contributed by atoms with Crippen LogP contribution in [0.1, 0.15) is 86.0 Å². The van der Waals surface area contributed by atoms with E-state index in [0.29, 0.717) is 0 Å². The minimum atomic E-state index is -1.31. The van der Waals surface area contributed by atoms with Crippen molar-refractivity contribution in [2.75, 3.05) is 0 Å². The summed E-state index contributed by atoms with van der Waals surface area (Å²) in [6, 6.07) is 32.6. The van der Waals surface area contributed by atoms with E-state index in [1.807, 2.05) is 39.6 Å². The Bertz CT molecular complexity index is 2580. The van der Waals surface area contributed by atoms with E-state index in [-0.39, 0.29) is 25.9 Å². The molecule has 6 heteroatoms. The van der Waals surface area contributed by atoms with Gasteiger partial charge in [-0.15, -0.1) is 23.3 Å². The van der Waals surface area contributed by atoms with Crippen molar-refractivity contribution >= 4 is 35.2 Å². The Morgan fingerprint density at radius 2 is 1.44 bits per heavy atom. The molecule has 2 fully saturated rings. The maximum absolute atomic E-state index is 13.6. The van der Waals surface area contributed by atoms with Crippen LogP contribution in [0.5, 0.6) is 0 Å². The molecule has 4 aromatic carbocycles. The minimum Gasteiger partial charge on any atom is -0.469 e. The molecule has 3 heterocycles. The Kier molecular flexibility index (Phi) is 12.8. The average Bonchev–Trinajstić information content (AvgIpc) is 3.87. The van der Waals surface area contributed by atoms with Crippen LogP contribution in [0.4, 0.5) is 4.39 Å². The van der Waals surface area contributed by atoms with E-state index in [1.54, 1.807) is 0 Å². The normalized spacial score (nSPS) is 14.9. The van der Waals surface area contributed by atoms with Crippen molar-refractivity contribution in [3.8, 4) is 33.6 Å². The molecule has 9 rings (SSSR count). The van der Waals surface area contributed by atoms with Gasteiger partial charge in [0.1, 0.15) is 11.4 Å². The van der Waals surface area contributed by atoms with Crippen LogP contribution in [-0.4, -0.2) is 8.07 Å². The number of hydrogen-bond donors (Lipinski definition) is 0. The van der Waals surface area contributed by atoms with Gasteiger partial charge in [-0.2, -0.15) is 37.1 Å². The maximum Gasteiger partial charge on any atom is 0.134 e. The Labute approximate surface area is 366 Å². The first-order valence-electron chi connectivity index (χ1n) is 21.2. The predicted octanol–water partition coefficient (Wildman–Crippen LogP) is 13.0. The number of furan rings is 1. The fraction of sp³-hybridized carbons (Fsp3) is 0.283. The second-order valence-electron chi connectivity index (χ2n) is 17.8. The number of fused-ring (bicyclic) bond motifs is 3. The zero-order valence-electron chi connectivity index (χ0n) is 35.0. The average molecular weight is 977 g/mol. The molecule has 0 amide bonds. The van der Waals surface area contributed by atoms with Gasteiger partial charge >= 0.3 is 0 Å². The third-order valence-electron chi connectivity index (χ3n) is 12.6. The van der Waals surface area contributed by atoms with Crippen molar-refractivity contribution < 1.29 is 38.0 Å². The molecule has 0 saturated heterocycles. The second-order valence-corrected chi connectivity index (χ2v) is 22.9. The fourth-order valence-electron chi connectivity index (χ4n) is 9.33. The summed E-state index contributed by atoms with van der Waals surface area (Å²) in [5.41, 5.74) is 12.8. The van der Waals surface area contributed by atoms with Crippen LogP contribution in [0.25, 0.3) is 55.6 Å². The number of rotatable bonds is 7. The molecule has 3 aromatic heterocycles. The molecule has 0 atom stereocenters. The topological polar surface area (TPSA) is 20.9 Å². The molecule has 0 N–H and O–H groups in total. The third kappa shape index (κ3) is 9.06. The summed E-state index contributed by atoms with van der Waals surface area (Å²) in [6.07, 6.45) is 17.5. The van der Waals surface area contributed by atoms with Gasteiger partial charge in [0, 0.05) is 45.0 Å². The molecular weight excluding hydrogens is 920 g/mol. The van der Waals surface area contributed by atoms with Crippen LogP contribution < -0.4 is 14.3 Å². The number of halogens is 1. The van der Waals surface area contributed by atoms with Crippen LogP contribution in [0.15, 0.2) is 114 Å². The molecule has 0 unspecified atom stereocenters. The van der Waals surface area contributed by atoms with Gasteiger partial charge in [-0.05, 0) is 60.4 Å². The molecular formula is C53H57FIrN2OSi-2. The van der Waals surface area contributed by atoms with E-state index < -0.39 is 8.07 Å². The molecule has 1 radical (unpaired) electrons. The fourth-order valence-corrected chi connectivity index (χ4v) is 10.5. The zero-order valence-corrected chi connectivity index (χ0v) is 38.4. The molecule has 0 aliphatic heterocycles. The molecule has 0 bridgehead atoms. The van der Waals surface area contributed by atoms with Gasteiger partial charge in [-0.25, -0.2) is 4.39 Å². The SMILES string of the molecule is [CH2-]c1cc(C2CCCCC2)ccc1-c1ccc([Si](C)(C)C)c[n+]1[CH2-].[CH2-]c1ccc2c(oc3cccc(-c4ccc(F)cc4)c32)c1-c1cc(CC2CCCC2)cc[n+]1[CH2-].[Ir]. The van der Waals surface area contributed by atoms with E-state index in [2.05, 4.69) is 114 Å².